The molecule has 1 aliphatic heterocycles. The molecule has 0 amide bonds. The molecule has 1 aromatic heterocycles. The number of hydrogen-bond acceptors (Lipinski definition) is 4. The van der Waals surface area contributed by atoms with Crippen molar-refractivity contribution in [1.29, 1.82) is 0 Å². The van der Waals surface area contributed by atoms with Crippen LogP contribution in [-0.2, 0) is 30.0 Å². The molecule has 1 N–H and O–H groups in total. The topological polar surface area (TPSA) is 73.2 Å². The van der Waals surface area contributed by atoms with Gasteiger partial charge < -0.3 is 4.74 Å². The molecule has 2 aromatic rings. The number of sulfonamides is 1. The van der Waals surface area contributed by atoms with Gasteiger partial charge in [0.2, 0.25) is 10.0 Å². The van der Waals surface area contributed by atoms with Crippen LogP contribution in [0.4, 0.5) is 0 Å². The summed E-state index contributed by atoms with van der Waals surface area (Å²) in [6, 6.07) is 3.04. The zero-order chi connectivity index (χ0) is 15.9. The van der Waals surface area contributed by atoms with Gasteiger partial charge >= 0.3 is 0 Å². The Hall–Kier alpha value is -1.57. The Bertz CT molecular complexity index is 817. The van der Waals surface area contributed by atoms with Gasteiger partial charge in [-0.1, -0.05) is 11.6 Å². The molecule has 0 bridgehead atoms. The molecule has 0 fully saturated rings. The summed E-state index contributed by atoms with van der Waals surface area (Å²) < 4.78 is 34.6. The van der Waals surface area contributed by atoms with Crippen LogP contribution in [0.15, 0.2) is 29.4 Å². The fourth-order valence-electron chi connectivity index (χ4n) is 2.44. The van der Waals surface area contributed by atoms with Crippen molar-refractivity contribution in [2.45, 2.75) is 30.9 Å². The van der Waals surface area contributed by atoms with Gasteiger partial charge in [-0.05, 0) is 19.1 Å². The molecule has 3 rings (SSSR count). The highest BCUT2D eigenvalue weighted by Crippen LogP contribution is 2.37. The van der Waals surface area contributed by atoms with E-state index in [0.717, 1.165) is 11.1 Å². The van der Waals surface area contributed by atoms with Crippen molar-refractivity contribution in [2.24, 2.45) is 7.05 Å². The van der Waals surface area contributed by atoms with Crippen molar-refractivity contribution in [3.8, 4) is 5.75 Å². The van der Waals surface area contributed by atoms with Crippen LogP contribution in [0.1, 0.15) is 18.1 Å². The average Bonchev–Trinajstić information content (AvgIpc) is 3.02. The Balaban J connectivity index is 1.83. The first kappa shape index (κ1) is 15.3. The number of benzene rings is 1. The predicted molar refractivity (Wildman–Crippen MR) is 82.5 cm³/mol. The lowest BCUT2D eigenvalue weighted by atomic mass is 10.1. The van der Waals surface area contributed by atoms with Crippen molar-refractivity contribution in [3.05, 3.63) is 40.7 Å². The van der Waals surface area contributed by atoms with Crippen LogP contribution in [-0.4, -0.2) is 24.3 Å². The van der Waals surface area contributed by atoms with Gasteiger partial charge in [0.25, 0.3) is 0 Å². The van der Waals surface area contributed by atoms with Crippen LogP contribution in [0.2, 0.25) is 5.02 Å². The molecule has 6 nitrogen and oxygen atoms in total. The summed E-state index contributed by atoms with van der Waals surface area (Å²) in [6.45, 7) is 2.10. The quantitative estimate of drug-likeness (QED) is 0.921. The number of halogens is 1. The molecule has 1 aromatic carbocycles. The van der Waals surface area contributed by atoms with E-state index in [2.05, 4.69) is 9.82 Å². The van der Waals surface area contributed by atoms with Crippen molar-refractivity contribution >= 4 is 21.6 Å². The summed E-state index contributed by atoms with van der Waals surface area (Å²) in [5.41, 5.74) is 1.61. The summed E-state index contributed by atoms with van der Waals surface area (Å²) in [5, 5.41) is 4.33. The molecule has 8 heteroatoms. The third-order valence-electron chi connectivity index (χ3n) is 3.46. The van der Waals surface area contributed by atoms with Crippen molar-refractivity contribution in [1.82, 2.24) is 14.5 Å². The molecule has 0 radical (unpaired) electrons. The van der Waals surface area contributed by atoms with Gasteiger partial charge in [-0.15, -0.1) is 0 Å². The van der Waals surface area contributed by atoms with Crippen LogP contribution in [0, 0.1) is 0 Å². The molecule has 0 spiro atoms. The highest BCUT2D eigenvalue weighted by atomic mass is 35.5. The summed E-state index contributed by atoms with van der Waals surface area (Å²) >= 11 is 6.14. The monoisotopic (exact) mass is 341 g/mol. The van der Waals surface area contributed by atoms with E-state index in [9.17, 15) is 8.42 Å². The first-order valence-corrected chi connectivity index (χ1v) is 8.67. The lowest BCUT2D eigenvalue weighted by Gasteiger charge is -2.09. The van der Waals surface area contributed by atoms with E-state index in [-0.39, 0.29) is 17.5 Å². The molecule has 0 saturated carbocycles. The first-order chi connectivity index (χ1) is 10.3. The number of aromatic nitrogens is 2. The highest BCUT2D eigenvalue weighted by Gasteiger charge is 2.25. The van der Waals surface area contributed by atoms with Crippen molar-refractivity contribution in [2.75, 3.05) is 0 Å². The fraction of sp³-hybridized carbons (Fsp3) is 0.357. The van der Waals surface area contributed by atoms with E-state index in [1.54, 1.807) is 30.2 Å². The minimum atomic E-state index is -3.64. The van der Waals surface area contributed by atoms with Gasteiger partial charge in [0.1, 0.15) is 11.9 Å². The van der Waals surface area contributed by atoms with Crippen molar-refractivity contribution < 1.29 is 13.2 Å². The number of rotatable bonds is 4. The van der Waals surface area contributed by atoms with Gasteiger partial charge in [0, 0.05) is 37.3 Å². The Morgan fingerprint density at radius 1 is 1.50 bits per heavy atom. The van der Waals surface area contributed by atoms with Crippen molar-refractivity contribution in [3.63, 3.8) is 0 Å². The summed E-state index contributed by atoms with van der Waals surface area (Å²) in [6.07, 6.45) is 4.04. The van der Waals surface area contributed by atoms with Crippen LogP contribution >= 0.6 is 11.6 Å². The van der Waals surface area contributed by atoms with Gasteiger partial charge in [-0.2, -0.15) is 5.10 Å². The zero-order valence-electron chi connectivity index (χ0n) is 12.2. The molecule has 0 saturated heterocycles. The minimum absolute atomic E-state index is 0.00815. The van der Waals surface area contributed by atoms with E-state index in [4.69, 9.17) is 16.3 Å². The standard InChI is InChI=1S/C14H16ClN3O3S/c1-9-3-11-4-12(5-13(15)14(11)21-9)22(19,20)17-7-10-6-16-18(2)8-10/h4-6,8-9,17H,3,7H2,1-2H3/t9-/m1/s1. The largest absolute Gasteiger partial charge is 0.489 e. The predicted octanol–water partition coefficient (Wildman–Crippen LogP) is 1.88. The lowest BCUT2D eigenvalue weighted by molar-refractivity contribution is 0.255. The summed E-state index contributed by atoms with van der Waals surface area (Å²) in [7, 11) is -1.86. The third-order valence-corrected chi connectivity index (χ3v) is 5.12. The van der Waals surface area contributed by atoms with Crippen LogP contribution < -0.4 is 9.46 Å². The van der Waals surface area contributed by atoms with Crippen LogP contribution in [0.3, 0.4) is 0 Å². The number of aryl methyl sites for hydroxylation is 1. The van der Waals surface area contributed by atoms with Crippen LogP contribution in [0.5, 0.6) is 5.75 Å². The summed E-state index contributed by atoms with van der Waals surface area (Å²) in [4.78, 5) is 0.151. The van der Waals surface area contributed by atoms with E-state index in [1.165, 1.54) is 6.07 Å². The lowest BCUT2D eigenvalue weighted by Crippen LogP contribution is -2.23. The van der Waals surface area contributed by atoms with E-state index < -0.39 is 10.0 Å². The Morgan fingerprint density at radius 2 is 2.27 bits per heavy atom. The molecule has 22 heavy (non-hydrogen) atoms. The van der Waals surface area contributed by atoms with Gasteiger partial charge in [-0.3, -0.25) is 4.68 Å². The number of hydrogen-bond donors (Lipinski definition) is 1. The second kappa shape index (κ2) is 5.57. The number of ether oxygens (including phenoxy) is 1. The minimum Gasteiger partial charge on any atom is -0.489 e. The molecule has 1 atom stereocenters. The Morgan fingerprint density at radius 3 is 2.95 bits per heavy atom. The number of fused-ring (bicyclic) bond motifs is 1. The van der Waals surface area contributed by atoms with E-state index >= 15 is 0 Å². The molecular weight excluding hydrogens is 326 g/mol. The molecule has 2 heterocycles. The normalized spacial score (nSPS) is 17.3. The zero-order valence-corrected chi connectivity index (χ0v) is 13.8. The molecular formula is C14H16ClN3O3S. The van der Waals surface area contributed by atoms with Gasteiger partial charge in [-0.25, -0.2) is 13.1 Å². The maximum atomic E-state index is 12.4. The highest BCUT2D eigenvalue weighted by molar-refractivity contribution is 7.89. The fourth-order valence-corrected chi connectivity index (χ4v) is 3.88. The number of nitrogens with zero attached hydrogens (tertiary/aromatic N) is 2. The SMILES string of the molecule is C[C@@H]1Cc2cc(S(=O)(=O)NCc3cnn(C)c3)cc(Cl)c2O1. The maximum Gasteiger partial charge on any atom is 0.240 e. The van der Waals surface area contributed by atoms with Gasteiger partial charge in [0.15, 0.2) is 0 Å². The smallest absolute Gasteiger partial charge is 0.240 e. The molecule has 118 valence electrons. The summed E-state index contributed by atoms with van der Waals surface area (Å²) in [5.74, 6) is 0.584. The molecule has 1 aliphatic rings. The van der Waals surface area contributed by atoms with E-state index in [0.29, 0.717) is 17.2 Å². The second-order valence-electron chi connectivity index (χ2n) is 5.37. The number of nitrogens with one attached hydrogen (secondary N) is 1. The Labute approximate surface area is 134 Å². The molecule has 0 unspecified atom stereocenters. The average molecular weight is 342 g/mol. The van der Waals surface area contributed by atoms with E-state index in [1.807, 2.05) is 6.92 Å². The maximum absolute atomic E-state index is 12.4. The first-order valence-electron chi connectivity index (χ1n) is 6.81. The molecule has 0 aliphatic carbocycles. The van der Waals surface area contributed by atoms with Gasteiger partial charge in [0.05, 0.1) is 16.1 Å². The van der Waals surface area contributed by atoms with Crippen LogP contribution in [0.25, 0.3) is 0 Å². The third kappa shape index (κ3) is 2.97. The Kier molecular flexibility index (Phi) is 3.88. The second-order valence-corrected chi connectivity index (χ2v) is 7.55.